The molecule has 7 nitrogen and oxygen atoms in total. The summed E-state index contributed by atoms with van der Waals surface area (Å²) in [5.74, 6) is 0.966. The highest BCUT2D eigenvalue weighted by Crippen LogP contribution is 2.16. The highest BCUT2D eigenvalue weighted by Gasteiger charge is 2.32. The van der Waals surface area contributed by atoms with Crippen LogP contribution >= 0.6 is 11.6 Å². The molecule has 5 rings (SSSR count). The van der Waals surface area contributed by atoms with Crippen molar-refractivity contribution in [1.29, 1.82) is 0 Å². The number of benzene rings is 1. The summed E-state index contributed by atoms with van der Waals surface area (Å²) in [6.07, 6.45) is 0. The number of hydrogen-bond acceptors (Lipinski definition) is 4. The lowest BCUT2D eigenvalue weighted by Crippen LogP contribution is -2.64. The third kappa shape index (κ3) is 4.42. The van der Waals surface area contributed by atoms with E-state index in [1.165, 1.54) is 13.1 Å². The highest BCUT2D eigenvalue weighted by molar-refractivity contribution is 6.30. The number of guanidine groups is 1. The summed E-state index contributed by atoms with van der Waals surface area (Å²) in [5.41, 5.74) is 1.10. The number of hydrogen-bond donors (Lipinski definition) is 1. The summed E-state index contributed by atoms with van der Waals surface area (Å²) in [6.45, 7) is 9.19. The smallest absolute Gasteiger partial charge is 0.242 e. The van der Waals surface area contributed by atoms with E-state index in [1.807, 2.05) is 29.2 Å². The second-order valence-electron chi connectivity index (χ2n) is 7.78. The molecule has 1 amide bonds. The molecule has 4 heterocycles. The average molecular weight is 405 g/mol. The fourth-order valence-corrected chi connectivity index (χ4v) is 4.45. The zero-order chi connectivity index (χ0) is 19.5. The number of fused-ring (bicyclic) bond motifs is 3. The van der Waals surface area contributed by atoms with Gasteiger partial charge in [0.1, 0.15) is 0 Å². The van der Waals surface area contributed by atoms with Crippen LogP contribution in [0.1, 0.15) is 5.56 Å². The minimum absolute atomic E-state index is 0.135. The largest absolute Gasteiger partial charge is 0.355 e. The fourth-order valence-electron chi connectivity index (χ4n) is 4.33. The third-order valence-electron chi connectivity index (χ3n) is 6.00. The molecule has 0 spiro atoms. The van der Waals surface area contributed by atoms with E-state index in [9.17, 15) is 4.79 Å². The van der Waals surface area contributed by atoms with E-state index in [0.29, 0.717) is 30.7 Å². The Bertz CT molecular complexity index is 716. The Labute approximate surface area is 171 Å². The van der Waals surface area contributed by atoms with Crippen LogP contribution in [-0.4, -0.2) is 103 Å². The molecule has 0 aliphatic carbocycles. The number of carbonyl (C=O) groups is 1. The van der Waals surface area contributed by atoms with Gasteiger partial charge in [0.2, 0.25) is 5.91 Å². The first-order chi connectivity index (χ1) is 13.6. The molecule has 0 saturated carbocycles. The molecule has 0 aromatic heterocycles. The lowest BCUT2D eigenvalue weighted by molar-refractivity contribution is -0.135. The van der Waals surface area contributed by atoms with E-state index in [-0.39, 0.29) is 5.91 Å². The number of rotatable bonds is 4. The summed E-state index contributed by atoms with van der Waals surface area (Å²) >= 11 is 5.95. The number of carbonyl (C=O) groups excluding carboxylic acids is 1. The van der Waals surface area contributed by atoms with E-state index in [2.05, 4.69) is 25.0 Å². The van der Waals surface area contributed by atoms with Gasteiger partial charge >= 0.3 is 0 Å². The van der Waals surface area contributed by atoms with Crippen LogP contribution in [0.3, 0.4) is 0 Å². The van der Waals surface area contributed by atoms with Gasteiger partial charge in [-0.15, -0.1) is 0 Å². The van der Waals surface area contributed by atoms with Gasteiger partial charge in [-0.05, 0) is 17.7 Å². The van der Waals surface area contributed by atoms with Crippen molar-refractivity contribution in [3.8, 4) is 0 Å². The molecular weight excluding hydrogens is 376 g/mol. The number of amides is 1. The molecule has 152 valence electrons. The molecule has 28 heavy (non-hydrogen) atoms. The van der Waals surface area contributed by atoms with Crippen LogP contribution < -0.4 is 5.32 Å². The van der Waals surface area contributed by atoms with Crippen molar-refractivity contribution in [2.75, 3.05) is 66.0 Å². The van der Waals surface area contributed by atoms with Crippen LogP contribution in [0.2, 0.25) is 5.02 Å². The van der Waals surface area contributed by atoms with E-state index >= 15 is 0 Å². The Morgan fingerprint density at radius 1 is 1.14 bits per heavy atom. The molecular formula is C20H29ClN6O. The first-order valence-electron chi connectivity index (χ1n) is 10.1. The minimum Gasteiger partial charge on any atom is -0.355 e. The highest BCUT2D eigenvalue weighted by atomic mass is 35.5. The van der Waals surface area contributed by atoms with Gasteiger partial charge in [-0.1, -0.05) is 23.7 Å². The Morgan fingerprint density at radius 2 is 1.89 bits per heavy atom. The zero-order valence-electron chi connectivity index (χ0n) is 16.5. The van der Waals surface area contributed by atoms with Crippen molar-refractivity contribution < 1.29 is 4.79 Å². The molecule has 1 aromatic carbocycles. The van der Waals surface area contributed by atoms with Crippen LogP contribution in [-0.2, 0) is 11.3 Å². The average Bonchev–Trinajstić information content (AvgIpc) is 2.73. The van der Waals surface area contributed by atoms with E-state index in [4.69, 9.17) is 11.6 Å². The van der Waals surface area contributed by atoms with E-state index < -0.39 is 0 Å². The molecule has 1 N–H and O–H groups in total. The Balaban J connectivity index is 1.28. The summed E-state index contributed by atoms with van der Waals surface area (Å²) < 4.78 is 0. The van der Waals surface area contributed by atoms with Crippen LogP contribution in [0.5, 0.6) is 0 Å². The van der Waals surface area contributed by atoms with Crippen molar-refractivity contribution in [3.05, 3.63) is 34.9 Å². The zero-order valence-corrected chi connectivity index (χ0v) is 17.2. The summed E-state index contributed by atoms with van der Waals surface area (Å²) in [4.78, 5) is 26.2. The first kappa shape index (κ1) is 19.5. The van der Waals surface area contributed by atoms with E-state index in [0.717, 1.165) is 44.2 Å². The maximum absolute atomic E-state index is 12.7. The molecule has 1 atom stereocenters. The standard InChI is InChI=1S/C20H29ClN6O/c1-22-20(23-12-18-14-24-6-8-25(18)9-7-24)27-11-10-26(19(28)15-27)13-16-2-4-17(21)5-3-16/h2-5,18H,6-15H2,1H3,(H,22,23). The molecule has 0 radical (unpaired) electrons. The number of aliphatic imine (C=N–C) groups is 1. The predicted octanol–water partition coefficient (Wildman–Crippen LogP) is 0.559. The molecule has 4 fully saturated rings. The van der Waals surface area contributed by atoms with Gasteiger partial charge in [0.15, 0.2) is 5.96 Å². The molecule has 4 aliphatic rings. The number of piperazine rings is 4. The first-order valence-corrected chi connectivity index (χ1v) is 10.4. The van der Waals surface area contributed by atoms with Gasteiger partial charge in [0, 0.05) is 77.0 Å². The normalized spacial score (nSPS) is 28.0. The molecule has 1 unspecified atom stereocenters. The fraction of sp³-hybridized carbons (Fsp3) is 0.600. The molecule has 2 bridgehead atoms. The third-order valence-corrected chi connectivity index (χ3v) is 6.26. The quantitative estimate of drug-likeness (QED) is 0.587. The van der Waals surface area contributed by atoms with E-state index in [1.54, 1.807) is 7.05 Å². The Kier molecular flexibility index (Phi) is 6.04. The minimum atomic E-state index is 0.135. The maximum atomic E-state index is 12.7. The van der Waals surface area contributed by atoms with Gasteiger partial charge < -0.3 is 15.1 Å². The van der Waals surface area contributed by atoms with Gasteiger partial charge in [-0.3, -0.25) is 19.6 Å². The SMILES string of the molecule is CN=C(NCC1CN2CCN1CC2)N1CCN(Cc2ccc(Cl)cc2)C(=O)C1. The van der Waals surface area contributed by atoms with Crippen molar-refractivity contribution in [2.24, 2.45) is 4.99 Å². The Hall–Kier alpha value is -1.83. The lowest BCUT2D eigenvalue weighted by atomic mass is 10.1. The molecule has 1 aromatic rings. The van der Waals surface area contributed by atoms with Crippen molar-refractivity contribution in [3.63, 3.8) is 0 Å². The number of nitrogens with zero attached hydrogens (tertiary/aromatic N) is 5. The maximum Gasteiger partial charge on any atom is 0.242 e. The summed E-state index contributed by atoms with van der Waals surface area (Å²) in [6, 6.07) is 8.22. The van der Waals surface area contributed by atoms with Crippen LogP contribution in [0.25, 0.3) is 0 Å². The summed E-state index contributed by atoms with van der Waals surface area (Å²) in [7, 11) is 1.80. The second-order valence-corrected chi connectivity index (χ2v) is 8.22. The van der Waals surface area contributed by atoms with Gasteiger partial charge in [0.25, 0.3) is 0 Å². The molecule has 4 aliphatic heterocycles. The van der Waals surface area contributed by atoms with Crippen LogP contribution in [0.4, 0.5) is 0 Å². The monoisotopic (exact) mass is 404 g/mol. The number of halogens is 1. The van der Waals surface area contributed by atoms with Gasteiger partial charge in [-0.2, -0.15) is 0 Å². The predicted molar refractivity (Wildman–Crippen MR) is 112 cm³/mol. The number of nitrogens with one attached hydrogen (secondary N) is 1. The van der Waals surface area contributed by atoms with Gasteiger partial charge in [0.05, 0.1) is 6.54 Å². The van der Waals surface area contributed by atoms with Crippen LogP contribution in [0, 0.1) is 0 Å². The summed E-state index contributed by atoms with van der Waals surface area (Å²) in [5, 5.41) is 4.22. The van der Waals surface area contributed by atoms with Crippen molar-refractivity contribution >= 4 is 23.5 Å². The van der Waals surface area contributed by atoms with Gasteiger partial charge in [-0.25, -0.2) is 0 Å². The van der Waals surface area contributed by atoms with Crippen molar-refractivity contribution in [2.45, 2.75) is 12.6 Å². The molecule has 4 saturated heterocycles. The Morgan fingerprint density at radius 3 is 2.50 bits per heavy atom. The topological polar surface area (TPSA) is 54.4 Å². The second kappa shape index (κ2) is 8.68. The molecule has 8 heteroatoms. The lowest BCUT2D eigenvalue weighted by Gasteiger charge is -2.47. The van der Waals surface area contributed by atoms with Crippen LogP contribution in [0.15, 0.2) is 29.3 Å². The van der Waals surface area contributed by atoms with Crippen molar-refractivity contribution in [1.82, 2.24) is 24.9 Å².